The van der Waals surface area contributed by atoms with Gasteiger partial charge in [0.25, 0.3) is 5.91 Å². The zero-order chi connectivity index (χ0) is 21.1. The largest absolute Gasteiger partial charge is 0.496 e. The van der Waals surface area contributed by atoms with E-state index >= 15 is 0 Å². The van der Waals surface area contributed by atoms with Gasteiger partial charge in [-0.1, -0.05) is 29.8 Å². The number of Topliss-reactive ketones (excluding diaryl/α,β-unsaturated/α-hetero) is 2. The van der Waals surface area contributed by atoms with Gasteiger partial charge in [-0.3, -0.25) is 14.4 Å². The van der Waals surface area contributed by atoms with Crippen LogP contribution in [0.1, 0.15) is 51.4 Å². The molecule has 2 aromatic carbocycles. The van der Waals surface area contributed by atoms with Gasteiger partial charge in [0, 0.05) is 18.9 Å². The highest BCUT2D eigenvalue weighted by atomic mass is 16.5. The van der Waals surface area contributed by atoms with Gasteiger partial charge in [0.05, 0.1) is 12.7 Å². The van der Waals surface area contributed by atoms with Gasteiger partial charge in [-0.15, -0.1) is 0 Å². The molecule has 2 aromatic rings. The molecule has 1 aliphatic rings. The molecule has 0 saturated heterocycles. The number of aryl methyl sites for hydroxylation is 3. The molecule has 0 aliphatic heterocycles. The van der Waals surface area contributed by atoms with Crippen LogP contribution in [-0.2, 0) is 9.59 Å². The molecule has 1 saturated carbocycles. The second-order valence-corrected chi connectivity index (χ2v) is 7.76. The van der Waals surface area contributed by atoms with Gasteiger partial charge in [0.1, 0.15) is 17.5 Å². The molecule has 0 aromatic heterocycles. The highest BCUT2D eigenvalue weighted by molar-refractivity contribution is 6.15. The van der Waals surface area contributed by atoms with Crippen molar-refractivity contribution in [1.82, 2.24) is 5.32 Å². The lowest BCUT2D eigenvalue weighted by Crippen LogP contribution is -2.27. The molecular weight excluding hydrogens is 366 g/mol. The number of benzene rings is 2. The van der Waals surface area contributed by atoms with E-state index in [1.165, 1.54) is 7.11 Å². The van der Waals surface area contributed by atoms with Crippen molar-refractivity contribution in [3.63, 3.8) is 0 Å². The molecular formula is C24H27NO4. The van der Waals surface area contributed by atoms with Crippen molar-refractivity contribution in [1.29, 1.82) is 0 Å². The fourth-order valence-corrected chi connectivity index (χ4v) is 4.34. The van der Waals surface area contributed by atoms with Crippen LogP contribution in [0.2, 0.25) is 0 Å². The number of para-hydroxylation sites is 1. The number of amides is 1. The fraction of sp³-hybridized carbons (Fsp3) is 0.375. The van der Waals surface area contributed by atoms with Crippen molar-refractivity contribution in [2.24, 2.45) is 5.92 Å². The van der Waals surface area contributed by atoms with Crippen LogP contribution in [0.4, 0.5) is 0 Å². The number of hydrogen-bond acceptors (Lipinski definition) is 4. The molecule has 5 nitrogen and oxygen atoms in total. The van der Waals surface area contributed by atoms with Crippen LogP contribution in [0, 0.1) is 26.7 Å². The Morgan fingerprint density at radius 2 is 1.76 bits per heavy atom. The van der Waals surface area contributed by atoms with E-state index in [-0.39, 0.29) is 29.8 Å². The molecule has 0 bridgehead atoms. The summed E-state index contributed by atoms with van der Waals surface area (Å²) in [5.74, 6) is -0.831. The lowest BCUT2D eigenvalue weighted by atomic mass is 9.86. The van der Waals surface area contributed by atoms with Crippen LogP contribution in [0.5, 0.6) is 5.75 Å². The molecule has 0 spiro atoms. The summed E-state index contributed by atoms with van der Waals surface area (Å²) in [7, 11) is 1.52. The maximum Gasteiger partial charge on any atom is 0.255 e. The van der Waals surface area contributed by atoms with Crippen molar-refractivity contribution >= 4 is 17.5 Å². The van der Waals surface area contributed by atoms with E-state index in [9.17, 15) is 14.4 Å². The molecule has 3 rings (SSSR count). The van der Waals surface area contributed by atoms with E-state index in [4.69, 9.17) is 4.74 Å². The van der Waals surface area contributed by atoms with Gasteiger partial charge in [-0.25, -0.2) is 0 Å². The summed E-state index contributed by atoms with van der Waals surface area (Å²) in [6.45, 7) is 6.25. The van der Waals surface area contributed by atoms with E-state index in [0.29, 0.717) is 24.3 Å². The topological polar surface area (TPSA) is 72.5 Å². The van der Waals surface area contributed by atoms with Crippen LogP contribution < -0.4 is 10.1 Å². The van der Waals surface area contributed by atoms with Crippen LogP contribution in [0.15, 0.2) is 36.4 Å². The second-order valence-electron chi connectivity index (χ2n) is 7.76. The number of carbonyl (C=O) groups excluding carboxylic acids is 3. The monoisotopic (exact) mass is 393 g/mol. The van der Waals surface area contributed by atoms with Crippen molar-refractivity contribution in [2.45, 2.75) is 39.5 Å². The summed E-state index contributed by atoms with van der Waals surface area (Å²) < 4.78 is 5.21. The minimum absolute atomic E-state index is 0.0221. The van der Waals surface area contributed by atoms with Gasteiger partial charge < -0.3 is 10.1 Å². The lowest BCUT2D eigenvalue weighted by molar-refractivity contribution is -0.124. The van der Waals surface area contributed by atoms with E-state index in [1.54, 1.807) is 24.3 Å². The normalized spacial score (nSPS) is 18.8. The third kappa shape index (κ3) is 4.24. The Morgan fingerprint density at radius 1 is 1.10 bits per heavy atom. The molecule has 152 valence electrons. The molecule has 1 N–H and O–H groups in total. The van der Waals surface area contributed by atoms with E-state index in [2.05, 4.69) is 5.32 Å². The maximum absolute atomic E-state index is 13.0. The van der Waals surface area contributed by atoms with Gasteiger partial charge in [0.2, 0.25) is 0 Å². The van der Waals surface area contributed by atoms with Crippen LogP contribution in [0.25, 0.3) is 0 Å². The third-order valence-corrected chi connectivity index (χ3v) is 5.61. The Balaban J connectivity index is 1.66. The van der Waals surface area contributed by atoms with Gasteiger partial charge in [0.15, 0.2) is 5.78 Å². The first kappa shape index (κ1) is 20.8. The predicted molar refractivity (Wildman–Crippen MR) is 111 cm³/mol. The molecule has 2 atom stereocenters. The molecule has 0 heterocycles. The SMILES string of the molecule is COc1ccccc1C(=O)NCCC1CC(=O)C(c2c(C)cc(C)cc2C)C1=O. The number of ether oxygens (including phenoxy) is 1. The Labute approximate surface area is 171 Å². The Hall–Kier alpha value is -2.95. The minimum Gasteiger partial charge on any atom is -0.496 e. The Morgan fingerprint density at radius 3 is 2.41 bits per heavy atom. The van der Waals surface area contributed by atoms with Crippen molar-refractivity contribution in [3.05, 3.63) is 64.2 Å². The summed E-state index contributed by atoms with van der Waals surface area (Å²) in [6.07, 6.45) is 0.687. The smallest absolute Gasteiger partial charge is 0.255 e. The molecule has 5 heteroatoms. The molecule has 1 aliphatic carbocycles. The van der Waals surface area contributed by atoms with Crippen molar-refractivity contribution in [3.8, 4) is 5.75 Å². The molecule has 1 fully saturated rings. The Bertz CT molecular complexity index is 940. The highest BCUT2D eigenvalue weighted by Gasteiger charge is 2.42. The Kier molecular flexibility index (Phi) is 6.16. The number of methoxy groups -OCH3 is 1. The number of hydrogen-bond donors (Lipinski definition) is 1. The molecule has 2 unspecified atom stereocenters. The number of carbonyl (C=O) groups is 3. The average molecular weight is 393 g/mol. The van der Waals surface area contributed by atoms with E-state index in [1.807, 2.05) is 32.9 Å². The first-order valence-electron chi connectivity index (χ1n) is 9.89. The number of rotatable bonds is 6. The quantitative estimate of drug-likeness (QED) is 0.760. The minimum atomic E-state index is -0.675. The summed E-state index contributed by atoms with van der Waals surface area (Å²) >= 11 is 0. The fourth-order valence-electron chi connectivity index (χ4n) is 4.34. The summed E-state index contributed by atoms with van der Waals surface area (Å²) in [5, 5.41) is 2.84. The van der Waals surface area contributed by atoms with E-state index < -0.39 is 5.92 Å². The van der Waals surface area contributed by atoms with Crippen LogP contribution >= 0.6 is 0 Å². The summed E-state index contributed by atoms with van der Waals surface area (Å²) in [5.41, 5.74) is 4.40. The van der Waals surface area contributed by atoms with Gasteiger partial charge >= 0.3 is 0 Å². The number of ketones is 2. The predicted octanol–water partition coefficient (Wildman–Crippen LogP) is 3.68. The summed E-state index contributed by atoms with van der Waals surface area (Å²) in [6, 6.07) is 11.0. The maximum atomic E-state index is 13.0. The van der Waals surface area contributed by atoms with E-state index in [0.717, 1.165) is 22.3 Å². The van der Waals surface area contributed by atoms with Gasteiger partial charge in [-0.2, -0.15) is 0 Å². The first-order chi connectivity index (χ1) is 13.8. The standard InChI is InChI=1S/C24H27NO4/c1-14-11-15(2)21(16(3)12-14)22-19(26)13-17(23(22)27)9-10-25-24(28)18-7-5-6-8-20(18)29-4/h5-8,11-12,17,22H,9-10,13H2,1-4H3,(H,25,28). The van der Waals surface area contributed by atoms with Crippen LogP contribution in [0.3, 0.4) is 0 Å². The number of nitrogens with one attached hydrogen (secondary N) is 1. The van der Waals surface area contributed by atoms with Gasteiger partial charge in [-0.05, 0) is 56.0 Å². The van der Waals surface area contributed by atoms with Crippen molar-refractivity contribution < 1.29 is 19.1 Å². The first-order valence-corrected chi connectivity index (χ1v) is 9.89. The van der Waals surface area contributed by atoms with Crippen molar-refractivity contribution in [2.75, 3.05) is 13.7 Å². The zero-order valence-electron chi connectivity index (χ0n) is 17.4. The average Bonchev–Trinajstić information content (AvgIpc) is 2.95. The summed E-state index contributed by atoms with van der Waals surface area (Å²) in [4.78, 5) is 38.1. The molecule has 1 amide bonds. The van der Waals surface area contributed by atoms with Crippen LogP contribution in [-0.4, -0.2) is 31.1 Å². The second kappa shape index (κ2) is 8.60. The lowest BCUT2D eigenvalue weighted by Gasteiger charge is -2.16. The molecule has 0 radical (unpaired) electrons. The highest BCUT2D eigenvalue weighted by Crippen LogP contribution is 2.37. The molecule has 29 heavy (non-hydrogen) atoms. The zero-order valence-corrected chi connectivity index (χ0v) is 17.4. The third-order valence-electron chi connectivity index (χ3n) is 5.61.